The molecule has 1 heterocycles. The summed E-state index contributed by atoms with van der Waals surface area (Å²) in [4.78, 5) is 36.7. The maximum atomic E-state index is 13.9. The van der Waals surface area contributed by atoms with Gasteiger partial charge < -0.3 is 14.8 Å². The van der Waals surface area contributed by atoms with Gasteiger partial charge in [-0.3, -0.25) is 9.36 Å². The summed E-state index contributed by atoms with van der Waals surface area (Å²) < 4.78 is 38.6. The first-order chi connectivity index (χ1) is 12.6. The summed E-state index contributed by atoms with van der Waals surface area (Å²) >= 11 is 4.14. The van der Waals surface area contributed by atoms with E-state index in [1.165, 1.54) is 23.9 Å². The van der Waals surface area contributed by atoms with Gasteiger partial charge in [-0.1, -0.05) is 52.0 Å². The normalized spacial score (nSPS) is 12.5. The molecule has 11 heteroatoms. The Morgan fingerprint density at radius 3 is 2.59 bits per heavy atom. The Kier molecular flexibility index (Phi) is 5.56. The molecule has 27 heavy (non-hydrogen) atoms. The molecule has 3 aromatic rings. The second kappa shape index (κ2) is 7.44. The highest BCUT2D eigenvalue weighted by Gasteiger charge is 2.51. The lowest BCUT2D eigenvalue weighted by atomic mass is 10.1. The second-order valence-electron chi connectivity index (χ2n) is 5.58. The molecule has 0 aliphatic carbocycles. The molecular formula is C16H12BrF2N2O4PS. The summed E-state index contributed by atoms with van der Waals surface area (Å²) in [6.45, 7) is 0. The van der Waals surface area contributed by atoms with E-state index in [4.69, 9.17) is 9.79 Å². The largest absolute Gasteiger partial charge is 0.399 e. The van der Waals surface area contributed by atoms with Gasteiger partial charge in [0.1, 0.15) is 0 Å². The molecule has 0 saturated heterocycles. The number of para-hydroxylation sites is 1. The van der Waals surface area contributed by atoms with Crippen LogP contribution in [0.25, 0.3) is 10.9 Å². The van der Waals surface area contributed by atoms with Crippen LogP contribution in [0.2, 0.25) is 0 Å². The molecular weight excluding hydrogens is 465 g/mol. The average Bonchev–Trinajstić information content (AvgIpc) is 2.59. The molecule has 2 aromatic carbocycles. The second-order valence-corrected chi connectivity index (χ2v) is 9.04. The zero-order chi connectivity index (χ0) is 19.8. The van der Waals surface area contributed by atoms with Crippen LogP contribution in [-0.2, 0) is 16.0 Å². The van der Waals surface area contributed by atoms with Gasteiger partial charge in [-0.2, -0.15) is 8.78 Å². The highest BCUT2D eigenvalue weighted by Crippen LogP contribution is 2.60. The molecule has 0 aliphatic heterocycles. The molecule has 0 fully saturated rings. The molecule has 142 valence electrons. The Balaban J connectivity index is 1.83. The molecule has 3 rings (SSSR count). The van der Waals surface area contributed by atoms with Crippen LogP contribution in [0.3, 0.4) is 0 Å². The molecule has 0 atom stereocenters. The van der Waals surface area contributed by atoms with E-state index in [9.17, 15) is 18.1 Å². The molecule has 0 unspecified atom stereocenters. The van der Waals surface area contributed by atoms with Gasteiger partial charge >= 0.3 is 13.3 Å². The van der Waals surface area contributed by atoms with Crippen molar-refractivity contribution < 1.29 is 23.1 Å². The predicted molar refractivity (Wildman–Crippen MR) is 102 cm³/mol. The van der Waals surface area contributed by atoms with Crippen LogP contribution in [-0.4, -0.2) is 19.8 Å². The molecule has 0 saturated carbocycles. The number of rotatable bonds is 5. The Bertz CT molecular complexity index is 1120. The molecule has 3 N–H and O–H groups in total. The summed E-state index contributed by atoms with van der Waals surface area (Å²) in [5.74, 6) is 0.307. The number of nitrogens with one attached hydrogen (secondary N) is 1. The Morgan fingerprint density at radius 1 is 1.22 bits per heavy atom. The highest BCUT2D eigenvalue weighted by molar-refractivity contribution is 9.10. The fourth-order valence-corrected chi connectivity index (χ4v) is 4.48. The summed E-state index contributed by atoms with van der Waals surface area (Å²) in [6.07, 6.45) is 0. The Labute approximate surface area is 164 Å². The van der Waals surface area contributed by atoms with Crippen LogP contribution in [0.15, 0.2) is 56.9 Å². The maximum absolute atomic E-state index is 13.9. The summed E-state index contributed by atoms with van der Waals surface area (Å²) in [7, 11) is -5.64. The number of hydrogen-bond donors (Lipinski definition) is 3. The lowest BCUT2D eigenvalue weighted by molar-refractivity contribution is 0.0557. The van der Waals surface area contributed by atoms with E-state index in [1.807, 2.05) is 0 Å². The third-order valence-electron chi connectivity index (χ3n) is 3.69. The first-order valence-corrected chi connectivity index (χ1v) is 10.8. The average molecular weight is 477 g/mol. The molecule has 0 amide bonds. The topological polar surface area (TPSA) is 103 Å². The van der Waals surface area contributed by atoms with Crippen molar-refractivity contribution in [3.05, 3.63) is 68.4 Å². The van der Waals surface area contributed by atoms with Gasteiger partial charge in [0.05, 0.1) is 10.9 Å². The number of H-pyrrole nitrogens is 1. The maximum Gasteiger partial charge on any atom is 0.399 e. The number of hydrogen-bond acceptors (Lipinski definition) is 4. The number of benzene rings is 2. The van der Waals surface area contributed by atoms with Crippen molar-refractivity contribution >= 4 is 46.2 Å². The standard InChI is InChI=1S/C16H12BrF2N2O4PS/c17-12-7-9(5-6-11(12)16(18,19)26(23,24)25)8-27-15-20-13-4-2-1-3-10(13)14(22)21-15/h1-7H,8H2,(H,20,21,22)(H2,23,24,25). The van der Waals surface area contributed by atoms with E-state index < -0.39 is 18.8 Å². The number of alkyl halides is 2. The van der Waals surface area contributed by atoms with Gasteiger partial charge in [0.25, 0.3) is 5.56 Å². The third kappa shape index (κ3) is 4.14. The van der Waals surface area contributed by atoms with Crippen molar-refractivity contribution in [2.24, 2.45) is 0 Å². The first kappa shape index (κ1) is 20.2. The van der Waals surface area contributed by atoms with Gasteiger partial charge in [-0.15, -0.1) is 0 Å². The third-order valence-corrected chi connectivity index (χ3v) is 6.26. The molecule has 0 aliphatic rings. The number of fused-ring (bicyclic) bond motifs is 1. The molecule has 0 radical (unpaired) electrons. The van der Waals surface area contributed by atoms with Crippen molar-refractivity contribution in [3.8, 4) is 0 Å². The summed E-state index contributed by atoms with van der Waals surface area (Å²) in [5.41, 5.74) is -4.21. The Hall–Kier alpha value is -1.58. The lowest BCUT2D eigenvalue weighted by Gasteiger charge is -2.19. The number of aromatic amines is 1. The number of aromatic nitrogens is 2. The van der Waals surface area contributed by atoms with Crippen molar-refractivity contribution in [2.75, 3.05) is 0 Å². The van der Waals surface area contributed by atoms with Gasteiger partial charge in [-0.05, 0) is 23.8 Å². The van der Waals surface area contributed by atoms with Crippen LogP contribution in [0.1, 0.15) is 11.1 Å². The lowest BCUT2D eigenvalue weighted by Crippen LogP contribution is -2.14. The van der Waals surface area contributed by atoms with Crippen LogP contribution in [0, 0.1) is 0 Å². The summed E-state index contributed by atoms with van der Waals surface area (Å²) in [5, 5.41) is 0.841. The molecule has 0 spiro atoms. The van der Waals surface area contributed by atoms with E-state index in [1.54, 1.807) is 24.3 Å². The fourth-order valence-electron chi connectivity index (χ4n) is 2.33. The van der Waals surface area contributed by atoms with E-state index in [0.717, 1.165) is 6.07 Å². The van der Waals surface area contributed by atoms with Crippen LogP contribution in [0.4, 0.5) is 8.78 Å². The van der Waals surface area contributed by atoms with Crippen molar-refractivity contribution in [1.82, 2.24) is 9.97 Å². The van der Waals surface area contributed by atoms with Crippen molar-refractivity contribution in [3.63, 3.8) is 0 Å². The smallest absolute Gasteiger partial charge is 0.320 e. The van der Waals surface area contributed by atoms with E-state index in [0.29, 0.717) is 27.4 Å². The van der Waals surface area contributed by atoms with Crippen molar-refractivity contribution in [1.29, 1.82) is 0 Å². The van der Waals surface area contributed by atoms with E-state index >= 15 is 0 Å². The van der Waals surface area contributed by atoms with Crippen molar-refractivity contribution in [2.45, 2.75) is 16.6 Å². The van der Waals surface area contributed by atoms with E-state index in [-0.39, 0.29) is 10.0 Å². The summed E-state index contributed by atoms with van der Waals surface area (Å²) in [6, 6.07) is 10.5. The minimum Gasteiger partial charge on any atom is -0.320 e. The van der Waals surface area contributed by atoms with Crippen LogP contribution < -0.4 is 5.56 Å². The SMILES string of the molecule is O=c1[nH]c(SCc2ccc(C(F)(F)P(=O)(O)O)c(Br)c2)nc2ccccc12. The van der Waals surface area contributed by atoms with Gasteiger partial charge in [0, 0.05) is 15.8 Å². The van der Waals surface area contributed by atoms with E-state index in [2.05, 4.69) is 25.9 Å². The van der Waals surface area contributed by atoms with Gasteiger partial charge in [-0.25, -0.2) is 4.98 Å². The number of nitrogens with zero attached hydrogens (tertiary/aromatic N) is 1. The molecule has 0 bridgehead atoms. The quantitative estimate of drug-likeness (QED) is 0.289. The molecule has 1 aromatic heterocycles. The minimum atomic E-state index is -5.64. The fraction of sp³-hybridized carbons (Fsp3) is 0.125. The minimum absolute atomic E-state index is 0.117. The highest BCUT2D eigenvalue weighted by atomic mass is 79.9. The first-order valence-electron chi connectivity index (χ1n) is 7.44. The number of thioether (sulfide) groups is 1. The monoisotopic (exact) mass is 476 g/mol. The van der Waals surface area contributed by atoms with Crippen LogP contribution in [0.5, 0.6) is 0 Å². The molecule has 6 nitrogen and oxygen atoms in total. The zero-order valence-electron chi connectivity index (χ0n) is 13.4. The van der Waals surface area contributed by atoms with Crippen LogP contribution >= 0.6 is 35.3 Å². The predicted octanol–water partition coefficient (Wildman–Crippen LogP) is 4.20. The van der Waals surface area contributed by atoms with Gasteiger partial charge in [0.15, 0.2) is 5.16 Å². The Morgan fingerprint density at radius 2 is 1.93 bits per heavy atom. The number of halogens is 3. The zero-order valence-corrected chi connectivity index (χ0v) is 16.7. The van der Waals surface area contributed by atoms with Gasteiger partial charge in [0.2, 0.25) is 0 Å².